The van der Waals surface area contributed by atoms with Crippen LogP contribution in [-0.2, 0) is 28.7 Å². The van der Waals surface area contributed by atoms with Crippen molar-refractivity contribution in [3.63, 3.8) is 0 Å². The molecule has 14 nitrogen and oxygen atoms in total. The molecule has 5 N–H and O–H groups in total. The predicted molar refractivity (Wildman–Crippen MR) is 149 cm³/mol. The number of nitrogens with one attached hydrogen (secondary N) is 1. The molecule has 0 radical (unpaired) electrons. The summed E-state index contributed by atoms with van der Waals surface area (Å²) < 4.78 is 5.29. The van der Waals surface area contributed by atoms with Crippen LogP contribution in [0.15, 0.2) is 24.3 Å². The van der Waals surface area contributed by atoms with Crippen molar-refractivity contribution in [2.24, 2.45) is 0 Å². The molecule has 1 saturated heterocycles. The third-order valence-electron chi connectivity index (χ3n) is 5.28. The number of hydrogen-bond donors (Lipinski definition) is 5. The molecule has 3 rings (SSSR count). The number of carboxylic acids is 4. The average Bonchev–Trinajstić information content (AvgIpc) is 3.21. The number of carbonyl (C=O) groups excluding carboxylic acids is 2. The monoisotopic (exact) mass is 615 g/mol. The summed E-state index contributed by atoms with van der Waals surface area (Å²) in [6.45, 7) is 7.88. The fourth-order valence-electron chi connectivity index (χ4n) is 3.37. The molecule has 2 aromatic rings. The number of thiophene rings is 1. The molecule has 0 unspecified atom stereocenters. The maximum absolute atomic E-state index is 12.7. The van der Waals surface area contributed by atoms with Crippen molar-refractivity contribution in [3.8, 4) is 11.1 Å². The van der Waals surface area contributed by atoms with Crippen LogP contribution in [0, 0.1) is 6.92 Å². The van der Waals surface area contributed by atoms with Crippen LogP contribution in [0.3, 0.4) is 0 Å². The fourth-order valence-corrected chi connectivity index (χ4v) is 4.58. The Balaban J connectivity index is 0.000000588. The van der Waals surface area contributed by atoms with E-state index in [1.54, 1.807) is 19.1 Å². The number of amides is 1. The van der Waals surface area contributed by atoms with Gasteiger partial charge in [0.15, 0.2) is 0 Å². The number of anilines is 1. The normalized spacial score (nSPS) is 13.0. The van der Waals surface area contributed by atoms with Gasteiger partial charge in [-0.05, 0) is 38.6 Å². The number of likely N-dealkylation sites (N-methyl/N-ethyl adjacent to an activating group) is 1. The summed E-state index contributed by atoms with van der Waals surface area (Å²) in [5.41, 5.74) is 2.05. The molecule has 1 fully saturated rings. The number of aliphatic carboxylic acids is 4. The van der Waals surface area contributed by atoms with E-state index in [0.29, 0.717) is 22.1 Å². The van der Waals surface area contributed by atoms with E-state index in [9.17, 15) is 9.59 Å². The number of esters is 1. The van der Waals surface area contributed by atoms with Gasteiger partial charge in [0, 0.05) is 41.6 Å². The predicted octanol–water partition coefficient (Wildman–Crippen LogP) is 2.05. The Bertz CT molecular complexity index is 1210. The van der Waals surface area contributed by atoms with Crippen LogP contribution in [0.1, 0.15) is 22.2 Å². The molecule has 0 bridgehead atoms. The van der Waals surface area contributed by atoms with E-state index in [-0.39, 0.29) is 12.5 Å². The maximum atomic E-state index is 12.7. The number of carbonyl (C=O) groups is 6. The lowest BCUT2D eigenvalue weighted by Gasteiger charge is -2.31. The molecule has 0 spiro atoms. The van der Waals surface area contributed by atoms with Crippen LogP contribution in [0.2, 0.25) is 5.02 Å². The Morgan fingerprint density at radius 3 is 1.83 bits per heavy atom. The Morgan fingerprint density at radius 1 is 0.902 bits per heavy atom. The molecule has 0 saturated carbocycles. The second-order valence-corrected chi connectivity index (χ2v) is 9.97. The first-order valence-corrected chi connectivity index (χ1v) is 13.1. The lowest BCUT2D eigenvalue weighted by atomic mass is 10.0. The second-order valence-electron chi connectivity index (χ2n) is 8.31. The molecule has 1 aromatic heterocycles. The van der Waals surface area contributed by atoms with Gasteiger partial charge in [-0.2, -0.15) is 0 Å². The minimum absolute atomic E-state index is 0.121. The van der Waals surface area contributed by atoms with Gasteiger partial charge in [0.2, 0.25) is 5.91 Å². The summed E-state index contributed by atoms with van der Waals surface area (Å²) in [5.74, 6) is -7.85. The first kappa shape index (κ1) is 35.0. The van der Waals surface area contributed by atoms with Gasteiger partial charge < -0.3 is 35.4 Å². The van der Waals surface area contributed by atoms with Crippen LogP contribution in [0.5, 0.6) is 0 Å². The minimum Gasteiger partial charge on any atom is -0.473 e. The summed E-state index contributed by atoms with van der Waals surface area (Å²) in [6.07, 6.45) is 0. The highest BCUT2D eigenvalue weighted by Gasteiger charge is 2.26. The number of nitrogens with zero attached hydrogens (tertiary/aromatic N) is 2. The van der Waals surface area contributed by atoms with E-state index in [0.717, 1.165) is 42.2 Å². The van der Waals surface area contributed by atoms with E-state index in [4.69, 9.17) is 55.9 Å². The number of ether oxygens (including phenoxy) is 1. The van der Waals surface area contributed by atoms with E-state index in [1.807, 2.05) is 19.1 Å². The number of hydrogen-bond acceptors (Lipinski definition) is 10. The molecule has 0 atom stereocenters. The van der Waals surface area contributed by atoms with Gasteiger partial charge in [0.1, 0.15) is 10.6 Å². The molecule has 1 aliphatic heterocycles. The van der Waals surface area contributed by atoms with Crippen molar-refractivity contribution in [1.82, 2.24) is 9.80 Å². The zero-order valence-electron chi connectivity index (χ0n) is 22.4. The van der Waals surface area contributed by atoms with E-state index in [2.05, 4.69) is 22.2 Å². The van der Waals surface area contributed by atoms with Gasteiger partial charge >= 0.3 is 29.8 Å². The number of rotatable bonds is 6. The number of benzene rings is 1. The van der Waals surface area contributed by atoms with E-state index in [1.165, 1.54) is 11.3 Å². The molecule has 16 heteroatoms. The smallest absolute Gasteiger partial charge is 0.414 e. The van der Waals surface area contributed by atoms with Crippen LogP contribution in [-0.4, -0.2) is 112 Å². The third kappa shape index (κ3) is 11.9. The molecular weight excluding hydrogens is 586 g/mol. The highest BCUT2D eigenvalue weighted by molar-refractivity contribution is 7.17. The van der Waals surface area contributed by atoms with Crippen molar-refractivity contribution in [3.05, 3.63) is 39.7 Å². The topological polar surface area (TPSA) is 211 Å². The van der Waals surface area contributed by atoms with Gasteiger partial charge in [-0.1, -0.05) is 23.7 Å². The Labute approximate surface area is 243 Å². The van der Waals surface area contributed by atoms with Gasteiger partial charge in [-0.25, -0.2) is 24.0 Å². The summed E-state index contributed by atoms with van der Waals surface area (Å²) in [6, 6.07) is 7.31. The maximum Gasteiger partial charge on any atom is 0.414 e. The summed E-state index contributed by atoms with van der Waals surface area (Å²) in [4.78, 5) is 67.1. The van der Waals surface area contributed by atoms with Gasteiger partial charge in [0.05, 0.1) is 13.2 Å². The van der Waals surface area contributed by atoms with Gasteiger partial charge in [0.25, 0.3) is 0 Å². The Morgan fingerprint density at radius 2 is 1.39 bits per heavy atom. The molecular formula is C25H30ClN3O11S. The first-order chi connectivity index (χ1) is 19.2. The minimum atomic E-state index is -1.82. The van der Waals surface area contributed by atoms with Crippen molar-refractivity contribution < 1.29 is 53.9 Å². The van der Waals surface area contributed by atoms with Gasteiger partial charge in [-0.3, -0.25) is 9.69 Å². The van der Waals surface area contributed by atoms with E-state index < -0.39 is 29.8 Å². The lowest BCUT2D eigenvalue weighted by molar-refractivity contribution is -0.159. The van der Waals surface area contributed by atoms with Crippen molar-refractivity contribution in [1.29, 1.82) is 0 Å². The highest BCUT2D eigenvalue weighted by atomic mass is 35.5. The Hall–Kier alpha value is -4.05. The zero-order chi connectivity index (χ0) is 31.3. The molecule has 1 aliphatic rings. The van der Waals surface area contributed by atoms with Crippen LogP contribution >= 0.6 is 22.9 Å². The van der Waals surface area contributed by atoms with Crippen molar-refractivity contribution >= 4 is 63.7 Å². The third-order valence-corrected chi connectivity index (χ3v) is 6.55. The molecule has 1 amide bonds. The molecule has 0 aliphatic carbocycles. The summed E-state index contributed by atoms with van der Waals surface area (Å²) in [7, 11) is 2.08. The molecule has 1 aromatic carbocycles. The standard InChI is InChI=1S/C21H26ClN3O3S.2C2H2O4/c1-4-28-21(27)19-18(15-5-7-16(22)8-6-15)14(2)29-20(19)23-17(26)13-25-11-9-24(3)10-12-25;2*3-1(4)2(5)6/h5-8H,4,9-13H2,1-3H3,(H,23,26);2*(H,3,4)(H,5,6). The SMILES string of the molecule is CCOC(=O)c1c(NC(=O)CN2CCN(C)CC2)sc(C)c1-c1ccc(Cl)cc1.O=C(O)C(=O)O.O=C(O)C(=O)O. The van der Waals surface area contributed by atoms with Crippen LogP contribution < -0.4 is 5.32 Å². The summed E-state index contributed by atoms with van der Waals surface area (Å²) >= 11 is 7.41. The number of piperazine rings is 1. The zero-order valence-corrected chi connectivity index (χ0v) is 24.0. The summed E-state index contributed by atoms with van der Waals surface area (Å²) in [5, 5.41) is 33.7. The average molecular weight is 616 g/mol. The number of aryl methyl sites for hydroxylation is 1. The van der Waals surface area contributed by atoms with Crippen molar-refractivity contribution in [2.75, 3.05) is 51.7 Å². The quantitative estimate of drug-likeness (QED) is 0.233. The van der Waals surface area contributed by atoms with Crippen molar-refractivity contribution in [2.45, 2.75) is 13.8 Å². The van der Waals surface area contributed by atoms with E-state index >= 15 is 0 Å². The molecule has 41 heavy (non-hydrogen) atoms. The first-order valence-electron chi connectivity index (χ1n) is 11.9. The highest BCUT2D eigenvalue weighted by Crippen LogP contribution is 2.40. The number of halogens is 1. The lowest BCUT2D eigenvalue weighted by Crippen LogP contribution is -2.47. The van der Waals surface area contributed by atoms with Crippen LogP contribution in [0.25, 0.3) is 11.1 Å². The van der Waals surface area contributed by atoms with Gasteiger partial charge in [-0.15, -0.1) is 11.3 Å². The van der Waals surface area contributed by atoms with Crippen LogP contribution in [0.4, 0.5) is 5.00 Å². The fraction of sp³-hybridized carbons (Fsp3) is 0.360. The number of carboxylic acid groups (broad SMARTS) is 4. The molecule has 224 valence electrons. The Kier molecular flexibility index (Phi) is 14.4. The second kappa shape index (κ2) is 16.9. The molecule has 2 heterocycles. The largest absolute Gasteiger partial charge is 0.473 e.